The lowest BCUT2D eigenvalue weighted by molar-refractivity contribution is 0.160. The van der Waals surface area contributed by atoms with Crippen molar-refractivity contribution in [1.29, 1.82) is 0 Å². The predicted octanol–water partition coefficient (Wildman–Crippen LogP) is 5.92. The van der Waals surface area contributed by atoms with Crippen LogP contribution in [-0.4, -0.2) is 42.5 Å². The zero-order valence-corrected chi connectivity index (χ0v) is 18.1. The first kappa shape index (κ1) is 25.6. The van der Waals surface area contributed by atoms with Crippen molar-refractivity contribution in [2.24, 2.45) is 0 Å². The summed E-state index contributed by atoms with van der Waals surface area (Å²) in [4.78, 5) is 11.1. The standard InChI is InChI=1S/C21H43NO3S/c1-3-4-5-6-7-8-9-10-11-12-13-14-15-16-17-26-19-20(18-23)22-21(24)25-2/h20,23H,3-19H2,1-2H3,(H,22,24). The monoisotopic (exact) mass is 389 g/mol. The molecule has 0 saturated heterocycles. The molecule has 0 radical (unpaired) electrons. The van der Waals surface area contributed by atoms with E-state index in [4.69, 9.17) is 0 Å². The number of rotatable bonds is 19. The normalized spacial score (nSPS) is 12.1. The Kier molecular flexibility index (Phi) is 20.5. The topological polar surface area (TPSA) is 58.6 Å². The van der Waals surface area contributed by atoms with Crippen LogP contribution in [0.2, 0.25) is 0 Å². The van der Waals surface area contributed by atoms with E-state index in [0.717, 1.165) is 11.5 Å². The summed E-state index contributed by atoms with van der Waals surface area (Å²) in [5, 5.41) is 11.8. The van der Waals surface area contributed by atoms with Crippen molar-refractivity contribution in [2.45, 2.75) is 103 Å². The Morgan fingerprint density at radius 3 is 1.77 bits per heavy atom. The third kappa shape index (κ3) is 18.4. The van der Waals surface area contributed by atoms with Crippen LogP contribution in [-0.2, 0) is 4.74 Å². The smallest absolute Gasteiger partial charge is 0.407 e. The maximum atomic E-state index is 11.1. The number of amides is 1. The van der Waals surface area contributed by atoms with E-state index in [-0.39, 0.29) is 12.6 Å². The van der Waals surface area contributed by atoms with Gasteiger partial charge in [0.25, 0.3) is 0 Å². The Morgan fingerprint density at radius 1 is 0.885 bits per heavy atom. The number of hydrogen-bond acceptors (Lipinski definition) is 4. The lowest BCUT2D eigenvalue weighted by Gasteiger charge is -2.14. The average Bonchev–Trinajstić information content (AvgIpc) is 2.66. The predicted molar refractivity (Wildman–Crippen MR) is 114 cm³/mol. The summed E-state index contributed by atoms with van der Waals surface area (Å²) >= 11 is 1.79. The highest BCUT2D eigenvalue weighted by atomic mass is 32.2. The highest BCUT2D eigenvalue weighted by Gasteiger charge is 2.10. The molecule has 0 aliphatic heterocycles. The van der Waals surface area contributed by atoms with Crippen LogP contribution in [0.15, 0.2) is 0 Å². The highest BCUT2D eigenvalue weighted by molar-refractivity contribution is 7.99. The fourth-order valence-corrected chi connectivity index (χ4v) is 4.04. The number of hydrogen-bond donors (Lipinski definition) is 2. The van der Waals surface area contributed by atoms with Crippen molar-refractivity contribution in [2.75, 3.05) is 25.2 Å². The largest absolute Gasteiger partial charge is 0.453 e. The molecular weight excluding hydrogens is 346 g/mol. The molecule has 1 amide bonds. The summed E-state index contributed by atoms with van der Waals surface area (Å²) in [5.74, 6) is 1.83. The van der Waals surface area contributed by atoms with Crippen molar-refractivity contribution < 1.29 is 14.6 Å². The summed E-state index contributed by atoms with van der Waals surface area (Å²) in [6, 6.07) is -0.209. The second-order valence-corrected chi connectivity index (χ2v) is 8.34. The van der Waals surface area contributed by atoms with E-state index in [0.29, 0.717) is 0 Å². The zero-order valence-electron chi connectivity index (χ0n) is 17.3. The quantitative estimate of drug-likeness (QED) is 0.269. The second-order valence-electron chi connectivity index (χ2n) is 7.19. The van der Waals surface area contributed by atoms with Gasteiger partial charge in [-0.25, -0.2) is 4.79 Å². The van der Waals surface area contributed by atoms with Gasteiger partial charge in [-0.15, -0.1) is 0 Å². The van der Waals surface area contributed by atoms with Crippen LogP contribution in [0.25, 0.3) is 0 Å². The molecule has 0 bridgehead atoms. The first-order valence-electron chi connectivity index (χ1n) is 10.8. The number of thioether (sulfide) groups is 1. The first-order chi connectivity index (χ1) is 12.7. The molecule has 0 aliphatic carbocycles. The summed E-state index contributed by atoms with van der Waals surface area (Å²) in [6.45, 7) is 2.23. The Hall–Kier alpha value is -0.420. The molecule has 0 fully saturated rings. The van der Waals surface area contributed by atoms with Gasteiger partial charge >= 0.3 is 6.09 Å². The Balaban J connectivity index is 3.20. The van der Waals surface area contributed by atoms with Gasteiger partial charge in [0.1, 0.15) is 0 Å². The molecule has 0 aromatic rings. The van der Waals surface area contributed by atoms with Crippen LogP contribution in [0.4, 0.5) is 4.79 Å². The lowest BCUT2D eigenvalue weighted by atomic mass is 10.0. The van der Waals surface area contributed by atoms with E-state index in [1.165, 1.54) is 97.0 Å². The van der Waals surface area contributed by atoms with Crippen molar-refractivity contribution in [3.8, 4) is 0 Å². The molecule has 0 rings (SSSR count). The van der Waals surface area contributed by atoms with Crippen molar-refractivity contribution in [3.63, 3.8) is 0 Å². The minimum absolute atomic E-state index is 0.0408. The van der Waals surface area contributed by atoms with Crippen LogP contribution >= 0.6 is 11.8 Å². The minimum Gasteiger partial charge on any atom is -0.453 e. The number of aliphatic hydroxyl groups excluding tert-OH is 1. The second kappa shape index (κ2) is 20.9. The van der Waals surface area contributed by atoms with Crippen LogP contribution < -0.4 is 5.32 Å². The zero-order chi connectivity index (χ0) is 19.3. The third-order valence-corrected chi connectivity index (χ3v) is 5.90. The van der Waals surface area contributed by atoms with Gasteiger partial charge in [-0.1, -0.05) is 90.4 Å². The van der Waals surface area contributed by atoms with E-state index in [1.54, 1.807) is 11.8 Å². The summed E-state index contributed by atoms with van der Waals surface area (Å²) in [5.41, 5.74) is 0. The number of carbonyl (C=O) groups excluding carboxylic acids is 1. The SMILES string of the molecule is CCCCCCCCCCCCCCCCSCC(CO)NC(=O)OC. The van der Waals surface area contributed by atoms with E-state index in [2.05, 4.69) is 17.0 Å². The fraction of sp³-hybridized carbons (Fsp3) is 0.952. The van der Waals surface area contributed by atoms with Gasteiger partial charge < -0.3 is 15.2 Å². The maximum absolute atomic E-state index is 11.1. The highest BCUT2D eigenvalue weighted by Crippen LogP contribution is 2.14. The van der Waals surface area contributed by atoms with Gasteiger partial charge in [-0.05, 0) is 12.2 Å². The number of alkyl carbamates (subject to hydrolysis) is 1. The molecule has 0 aliphatic rings. The third-order valence-electron chi connectivity index (χ3n) is 4.69. The number of aliphatic hydroxyl groups is 1. The van der Waals surface area contributed by atoms with Crippen LogP contribution in [0.3, 0.4) is 0 Å². The molecule has 0 aromatic heterocycles. The van der Waals surface area contributed by atoms with E-state index in [9.17, 15) is 9.90 Å². The number of ether oxygens (including phenoxy) is 1. The Bertz CT molecular complexity index is 303. The van der Waals surface area contributed by atoms with Crippen molar-refractivity contribution >= 4 is 17.9 Å². The van der Waals surface area contributed by atoms with E-state index in [1.807, 2.05) is 0 Å². The molecule has 0 aromatic carbocycles. The van der Waals surface area contributed by atoms with Crippen LogP contribution in [0.5, 0.6) is 0 Å². The molecular formula is C21H43NO3S. The molecule has 2 N–H and O–H groups in total. The van der Waals surface area contributed by atoms with Crippen LogP contribution in [0, 0.1) is 0 Å². The van der Waals surface area contributed by atoms with Crippen LogP contribution in [0.1, 0.15) is 96.8 Å². The molecule has 156 valence electrons. The Morgan fingerprint density at radius 2 is 1.35 bits per heavy atom. The van der Waals surface area contributed by atoms with E-state index < -0.39 is 6.09 Å². The first-order valence-corrected chi connectivity index (χ1v) is 11.9. The molecule has 1 unspecified atom stereocenters. The van der Waals surface area contributed by atoms with Crippen molar-refractivity contribution in [1.82, 2.24) is 5.32 Å². The molecule has 4 nitrogen and oxygen atoms in total. The summed E-state index contributed by atoms with van der Waals surface area (Å²) in [6.07, 6.45) is 18.8. The molecule has 0 spiro atoms. The Labute approximate surface area is 166 Å². The summed E-state index contributed by atoms with van der Waals surface area (Å²) in [7, 11) is 1.34. The number of unbranched alkanes of at least 4 members (excludes halogenated alkanes) is 13. The van der Waals surface area contributed by atoms with Gasteiger partial charge in [-0.3, -0.25) is 0 Å². The number of methoxy groups -OCH3 is 1. The van der Waals surface area contributed by atoms with Crippen molar-refractivity contribution in [3.05, 3.63) is 0 Å². The number of carbonyl (C=O) groups is 1. The summed E-state index contributed by atoms with van der Waals surface area (Å²) < 4.78 is 4.55. The van der Waals surface area contributed by atoms with Gasteiger partial charge in [0.05, 0.1) is 19.8 Å². The maximum Gasteiger partial charge on any atom is 0.407 e. The van der Waals surface area contributed by atoms with E-state index >= 15 is 0 Å². The van der Waals surface area contributed by atoms with Gasteiger partial charge in [0, 0.05) is 5.75 Å². The number of nitrogens with one attached hydrogen (secondary N) is 1. The molecule has 0 saturated carbocycles. The molecule has 0 heterocycles. The minimum atomic E-state index is -0.471. The fourth-order valence-electron chi connectivity index (χ4n) is 2.99. The molecule has 5 heteroatoms. The van der Waals surface area contributed by atoms with Gasteiger partial charge in [0.2, 0.25) is 0 Å². The molecule has 1 atom stereocenters. The molecule has 26 heavy (non-hydrogen) atoms. The lowest BCUT2D eigenvalue weighted by Crippen LogP contribution is -2.39. The van der Waals surface area contributed by atoms with Gasteiger partial charge in [0.15, 0.2) is 0 Å². The van der Waals surface area contributed by atoms with Gasteiger partial charge in [-0.2, -0.15) is 11.8 Å². The average molecular weight is 390 g/mol.